The maximum atomic E-state index is 15.8. The molecule has 40 heavy (non-hydrogen) atoms. The van der Waals surface area contributed by atoms with Crippen LogP contribution in [0.3, 0.4) is 0 Å². The van der Waals surface area contributed by atoms with E-state index >= 15 is 4.39 Å². The normalized spacial score (nSPS) is 22.5. The third kappa shape index (κ3) is 5.03. The van der Waals surface area contributed by atoms with Crippen LogP contribution in [-0.4, -0.2) is 72.5 Å². The average molecular weight is 573 g/mol. The van der Waals surface area contributed by atoms with Crippen LogP contribution in [0.25, 0.3) is 10.8 Å². The Hall–Kier alpha value is -2.89. The first-order chi connectivity index (χ1) is 19.4. The highest BCUT2D eigenvalue weighted by Gasteiger charge is 2.49. The number of aromatic amines is 1. The first-order valence-corrected chi connectivity index (χ1v) is 14.8. The number of ether oxygens (including phenoxy) is 3. The van der Waals surface area contributed by atoms with Gasteiger partial charge in [0.15, 0.2) is 6.79 Å². The maximum Gasteiger partial charge on any atom is 0.296 e. The number of alkyl halides is 1. The summed E-state index contributed by atoms with van der Waals surface area (Å²) in [6.07, 6.45) is 1.91. The molecular formula is C29H34F2N4O4S. The maximum absolute atomic E-state index is 15.8. The molecule has 3 aliphatic heterocycles. The van der Waals surface area contributed by atoms with E-state index in [1.165, 1.54) is 11.8 Å². The van der Waals surface area contributed by atoms with Gasteiger partial charge in [0.2, 0.25) is 0 Å². The molecule has 8 nitrogen and oxygen atoms in total. The Morgan fingerprint density at radius 1 is 1.25 bits per heavy atom. The Kier molecular flexibility index (Phi) is 7.62. The largest absolute Gasteiger partial charge is 0.467 e. The van der Waals surface area contributed by atoms with Gasteiger partial charge in [0.05, 0.1) is 23.5 Å². The summed E-state index contributed by atoms with van der Waals surface area (Å²) in [4.78, 5) is 25.2. The minimum absolute atomic E-state index is 0.0692. The van der Waals surface area contributed by atoms with Crippen molar-refractivity contribution in [3.8, 4) is 11.8 Å². The summed E-state index contributed by atoms with van der Waals surface area (Å²) in [7, 11) is 1.55. The zero-order valence-electron chi connectivity index (χ0n) is 22.8. The molecule has 0 amide bonds. The summed E-state index contributed by atoms with van der Waals surface area (Å²) in [5, 5.41) is 1.23. The Labute approximate surface area is 236 Å². The smallest absolute Gasteiger partial charge is 0.296 e. The zero-order chi connectivity index (χ0) is 27.9. The number of hydrogen-bond donors (Lipinski definition) is 1. The average Bonchev–Trinajstić information content (AvgIpc) is 3.47. The van der Waals surface area contributed by atoms with E-state index in [2.05, 4.69) is 14.9 Å². The number of methoxy groups -OCH3 is 1. The Morgan fingerprint density at radius 3 is 2.95 bits per heavy atom. The zero-order valence-corrected chi connectivity index (χ0v) is 23.6. The fourth-order valence-corrected chi connectivity index (χ4v) is 7.13. The van der Waals surface area contributed by atoms with E-state index in [0.717, 1.165) is 30.5 Å². The first-order valence-electron chi connectivity index (χ1n) is 13.8. The van der Waals surface area contributed by atoms with Gasteiger partial charge in [-0.25, -0.2) is 8.78 Å². The monoisotopic (exact) mass is 572 g/mol. The molecule has 6 rings (SSSR count). The third-order valence-corrected chi connectivity index (χ3v) is 9.16. The lowest BCUT2D eigenvalue weighted by Gasteiger charge is -2.32. The van der Waals surface area contributed by atoms with E-state index in [-0.39, 0.29) is 36.3 Å². The van der Waals surface area contributed by atoms with Gasteiger partial charge in [-0.05, 0) is 49.1 Å². The van der Waals surface area contributed by atoms with E-state index < -0.39 is 6.17 Å². The lowest BCUT2D eigenvalue weighted by atomic mass is 9.95. The minimum atomic E-state index is -0.858. The first kappa shape index (κ1) is 27.3. The fourth-order valence-electron chi connectivity index (χ4n) is 6.42. The number of hydrogen-bond acceptors (Lipinski definition) is 8. The molecule has 2 saturated heterocycles. The molecular weight excluding hydrogens is 538 g/mol. The molecule has 0 radical (unpaired) electrons. The number of nitrogens with one attached hydrogen (secondary N) is 1. The second-order valence-electron chi connectivity index (χ2n) is 10.7. The van der Waals surface area contributed by atoms with E-state index in [1.54, 1.807) is 13.2 Å². The predicted octanol–water partition coefficient (Wildman–Crippen LogP) is 4.67. The van der Waals surface area contributed by atoms with Crippen LogP contribution in [0.4, 0.5) is 14.5 Å². The van der Waals surface area contributed by atoms with E-state index in [9.17, 15) is 9.18 Å². The molecule has 4 heterocycles. The second kappa shape index (κ2) is 11.2. The molecule has 3 aromatic rings. The van der Waals surface area contributed by atoms with Gasteiger partial charge in [0.1, 0.15) is 24.3 Å². The number of benzene rings is 2. The van der Waals surface area contributed by atoms with Gasteiger partial charge in [-0.1, -0.05) is 13.0 Å². The van der Waals surface area contributed by atoms with Crippen molar-refractivity contribution >= 4 is 28.2 Å². The van der Waals surface area contributed by atoms with Crippen molar-refractivity contribution in [1.82, 2.24) is 14.9 Å². The lowest BCUT2D eigenvalue weighted by molar-refractivity contribution is 0.0512. The number of halogens is 2. The van der Waals surface area contributed by atoms with E-state index in [4.69, 9.17) is 14.2 Å². The molecule has 0 bridgehead atoms. The van der Waals surface area contributed by atoms with Crippen LogP contribution in [0.5, 0.6) is 11.8 Å². The highest BCUT2D eigenvalue weighted by molar-refractivity contribution is 7.99. The minimum Gasteiger partial charge on any atom is -0.467 e. The lowest BCUT2D eigenvalue weighted by Crippen LogP contribution is -2.44. The van der Waals surface area contributed by atoms with Gasteiger partial charge in [0, 0.05) is 48.5 Å². The number of thioether (sulfide) groups is 1. The van der Waals surface area contributed by atoms with Crippen LogP contribution < -0.4 is 19.9 Å². The van der Waals surface area contributed by atoms with Crippen molar-refractivity contribution in [3.05, 3.63) is 51.7 Å². The van der Waals surface area contributed by atoms with E-state index in [1.807, 2.05) is 30.0 Å². The summed E-state index contributed by atoms with van der Waals surface area (Å²) in [6, 6.07) is 7.48. The predicted molar refractivity (Wildman–Crippen MR) is 151 cm³/mol. The SMILES string of the molecule is CCSc1ccc2cc(OCOC)cc(N3CCc4c(nc(OC[C@@]56CCCN5C[C@H](F)C6)[nH]c4=O)C3)c2c1F. The standard InChI is InChI=1S/C29H34F2N4O4S/c1-3-40-24-6-5-18-11-20(39-17-37-2)12-23(25(18)26(24)31)34-10-7-21-22(15-34)32-28(33-27(21)36)38-16-29-8-4-9-35(29)14-19(30)13-29/h5-6,11-12,19H,3-4,7-10,13-17H2,1-2H3,(H,32,33,36)/t19-,29+/m1/s1. The van der Waals surface area contributed by atoms with Crippen molar-refractivity contribution in [3.63, 3.8) is 0 Å². The quantitative estimate of drug-likeness (QED) is 0.293. The summed E-state index contributed by atoms with van der Waals surface area (Å²) >= 11 is 1.46. The molecule has 0 aliphatic carbocycles. The number of H-pyrrole nitrogens is 1. The van der Waals surface area contributed by atoms with Crippen LogP contribution >= 0.6 is 11.8 Å². The number of fused-ring (bicyclic) bond motifs is 3. The molecule has 1 aromatic heterocycles. The molecule has 3 aliphatic rings. The van der Waals surface area contributed by atoms with Crippen molar-refractivity contribution in [2.45, 2.75) is 55.8 Å². The number of aromatic nitrogens is 2. The Balaban J connectivity index is 1.31. The van der Waals surface area contributed by atoms with Crippen LogP contribution in [-0.2, 0) is 17.7 Å². The summed E-state index contributed by atoms with van der Waals surface area (Å²) < 4.78 is 46.9. The van der Waals surface area contributed by atoms with Crippen molar-refractivity contribution in [2.75, 3.05) is 50.8 Å². The molecule has 2 atom stereocenters. The van der Waals surface area contributed by atoms with Crippen LogP contribution in [0.1, 0.15) is 37.4 Å². The molecule has 214 valence electrons. The summed E-state index contributed by atoms with van der Waals surface area (Å²) in [5.74, 6) is 1.05. The second-order valence-corrected chi connectivity index (χ2v) is 12.0. The van der Waals surface area contributed by atoms with Gasteiger partial charge in [-0.2, -0.15) is 4.98 Å². The molecule has 11 heteroatoms. The van der Waals surface area contributed by atoms with Crippen molar-refractivity contribution < 1.29 is 23.0 Å². The Bertz CT molecular complexity index is 1470. The molecule has 0 spiro atoms. The molecule has 0 saturated carbocycles. The van der Waals surface area contributed by atoms with Crippen molar-refractivity contribution in [2.24, 2.45) is 0 Å². The molecule has 0 unspecified atom stereocenters. The van der Waals surface area contributed by atoms with Gasteiger partial charge in [-0.15, -0.1) is 11.8 Å². The molecule has 1 N–H and O–H groups in total. The number of rotatable bonds is 9. The topological polar surface area (TPSA) is 79.9 Å². The summed E-state index contributed by atoms with van der Waals surface area (Å²) in [6.45, 7) is 4.47. The van der Waals surface area contributed by atoms with Crippen molar-refractivity contribution in [1.29, 1.82) is 0 Å². The number of nitrogens with zero attached hydrogens (tertiary/aromatic N) is 3. The van der Waals surface area contributed by atoms with Gasteiger partial charge in [-0.3, -0.25) is 14.7 Å². The van der Waals surface area contributed by atoms with Crippen LogP contribution in [0.2, 0.25) is 0 Å². The van der Waals surface area contributed by atoms with Gasteiger partial charge >= 0.3 is 0 Å². The molecule has 2 aromatic carbocycles. The summed E-state index contributed by atoms with van der Waals surface area (Å²) in [5.41, 5.74) is 1.30. The third-order valence-electron chi connectivity index (χ3n) is 8.25. The van der Waals surface area contributed by atoms with E-state index in [0.29, 0.717) is 65.5 Å². The molecule has 2 fully saturated rings. The van der Waals surface area contributed by atoms with Gasteiger partial charge < -0.3 is 19.1 Å². The Morgan fingerprint density at radius 2 is 2.12 bits per heavy atom. The van der Waals surface area contributed by atoms with Gasteiger partial charge in [0.25, 0.3) is 11.6 Å². The number of anilines is 1. The van der Waals surface area contributed by atoms with Crippen LogP contribution in [0, 0.1) is 5.82 Å². The van der Waals surface area contributed by atoms with Crippen LogP contribution in [0.15, 0.2) is 34.0 Å². The highest BCUT2D eigenvalue weighted by atomic mass is 32.2. The highest BCUT2D eigenvalue weighted by Crippen LogP contribution is 2.41. The fraction of sp³-hybridized carbons (Fsp3) is 0.517.